The van der Waals surface area contributed by atoms with E-state index in [9.17, 15) is 4.79 Å². The molecule has 1 aromatic rings. The third-order valence-corrected chi connectivity index (χ3v) is 5.18. The molecule has 2 atom stereocenters. The highest BCUT2D eigenvalue weighted by Gasteiger charge is 2.26. The van der Waals surface area contributed by atoms with Gasteiger partial charge in [0.15, 0.2) is 0 Å². The number of thiophene rings is 1. The lowest BCUT2D eigenvalue weighted by molar-refractivity contribution is 0.0939. The number of amides is 1. The zero-order valence-corrected chi connectivity index (χ0v) is 12.0. The van der Waals surface area contributed by atoms with Gasteiger partial charge in [-0.3, -0.25) is 4.79 Å². The van der Waals surface area contributed by atoms with E-state index in [-0.39, 0.29) is 11.9 Å². The summed E-state index contributed by atoms with van der Waals surface area (Å²) in [4.78, 5) is 12.2. The first-order chi connectivity index (χ1) is 7.16. The van der Waals surface area contributed by atoms with Crippen molar-refractivity contribution in [2.75, 3.05) is 0 Å². The van der Waals surface area contributed by atoms with Crippen LogP contribution in [-0.4, -0.2) is 16.8 Å². The minimum Gasteiger partial charge on any atom is -0.348 e. The Morgan fingerprint density at radius 3 is 2.87 bits per heavy atom. The monoisotopic (exact) mass is 351 g/mol. The van der Waals surface area contributed by atoms with Gasteiger partial charge in [0.05, 0.1) is 9.35 Å². The summed E-state index contributed by atoms with van der Waals surface area (Å²) in [6, 6.07) is 2.15. The quantitative estimate of drug-likeness (QED) is 0.810. The summed E-state index contributed by atoms with van der Waals surface area (Å²) >= 11 is 8.48. The van der Waals surface area contributed by atoms with E-state index < -0.39 is 0 Å². The lowest BCUT2D eigenvalue weighted by Gasteiger charge is -2.15. The van der Waals surface area contributed by atoms with Crippen LogP contribution in [0.4, 0.5) is 0 Å². The van der Waals surface area contributed by atoms with Crippen molar-refractivity contribution in [3.8, 4) is 0 Å². The summed E-state index contributed by atoms with van der Waals surface area (Å²) < 4.78 is 0.995. The Morgan fingerprint density at radius 1 is 1.53 bits per heavy atom. The molecule has 5 heteroatoms. The minimum absolute atomic E-state index is 0.0355. The normalized spacial score (nSPS) is 25.5. The molecule has 1 aromatic heterocycles. The third-order valence-electron chi connectivity index (χ3n) is 2.58. The minimum atomic E-state index is 0.0355. The maximum Gasteiger partial charge on any atom is 0.252 e. The molecule has 1 saturated carbocycles. The van der Waals surface area contributed by atoms with Crippen LogP contribution in [0.5, 0.6) is 0 Å². The topological polar surface area (TPSA) is 29.1 Å². The van der Waals surface area contributed by atoms with Gasteiger partial charge in [0.2, 0.25) is 0 Å². The Kier molecular flexibility index (Phi) is 3.85. The maximum atomic E-state index is 11.8. The Bertz CT molecular complexity index is 366. The second-order valence-electron chi connectivity index (χ2n) is 3.67. The first kappa shape index (κ1) is 11.6. The molecule has 0 aliphatic heterocycles. The van der Waals surface area contributed by atoms with Crippen molar-refractivity contribution in [3.05, 3.63) is 20.8 Å². The van der Waals surface area contributed by atoms with Crippen molar-refractivity contribution >= 4 is 49.1 Å². The first-order valence-corrected chi connectivity index (χ1v) is 7.44. The van der Waals surface area contributed by atoms with Crippen LogP contribution in [0, 0.1) is 0 Å². The number of carbonyl (C=O) groups is 1. The molecular weight excluding hydrogens is 342 g/mol. The first-order valence-electron chi connectivity index (χ1n) is 4.86. The molecule has 2 nitrogen and oxygen atoms in total. The predicted octanol–water partition coefficient (Wildman–Crippen LogP) is 3.56. The van der Waals surface area contributed by atoms with E-state index in [1.807, 2.05) is 11.4 Å². The summed E-state index contributed by atoms with van der Waals surface area (Å²) in [6.45, 7) is 0. The van der Waals surface area contributed by atoms with Gasteiger partial charge in [-0.2, -0.15) is 0 Å². The lowest BCUT2D eigenvalue weighted by atomic mass is 10.2. The van der Waals surface area contributed by atoms with Gasteiger partial charge in [-0.15, -0.1) is 11.3 Å². The number of rotatable bonds is 2. The third kappa shape index (κ3) is 2.82. The van der Waals surface area contributed by atoms with Crippen molar-refractivity contribution in [2.24, 2.45) is 0 Å². The van der Waals surface area contributed by atoms with E-state index >= 15 is 0 Å². The fourth-order valence-electron chi connectivity index (χ4n) is 1.76. The highest BCUT2D eigenvalue weighted by Crippen LogP contribution is 2.26. The molecular formula is C10H11Br2NOS. The van der Waals surface area contributed by atoms with Crippen LogP contribution in [0.3, 0.4) is 0 Å². The molecule has 82 valence electrons. The molecule has 1 N–H and O–H groups in total. The van der Waals surface area contributed by atoms with Gasteiger partial charge in [0, 0.05) is 16.2 Å². The Morgan fingerprint density at radius 2 is 2.33 bits per heavy atom. The molecule has 1 aliphatic rings. The van der Waals surface area contributed by atoms with Gasteiger partial charge in [0.25, 0.3) is 5.91 Å². The molecule has 0 radical (unpaired) electrons. The van der Waals surface area contributed by atoms with Crippen molar-refractivity contribution < 1.29 is 4.79 Å². The second kappa shape index (κ2) is 4.97. The van der Waals surface area contributed by atoms with Gasteiger partial charge < -0.3 is 5.32 Å². The Balaban J connectivity index is 1.97. The van der Waals surface area contributed by atoms with Gasteiger partial charge in [-0.1, -0.05) is 22.4 Å². The molecule has 1 fully saturated rings. The van der Waals surface area contributed by atoms with Crippen LogP contribution in [0.25, 0.3) is 0 Å². The number of nitrogens with one attached hydrogen (secondary N) is 1. The predicted molar refractivity (Wildman–Crippen MR) is 69.8 cm³/mol. The largest absolute Gasteiger partial charge is 0.348 e. The van der Waals surface area contributed by atoms with E-state index in [4.69, 9.17) is 0 Å². The van der Waals surface area contributed by atoms with Gasteiger partial charge in [-0.25, -0.2) is 0 Å². The molecule has 1 amide bonds. The highest BCUT2D eigenvalue weighted by molar-refractivity contribution is 9.11. The van der Waals surface area contributed by atoms with Crippen LogP contribution in [0.1, 0.15) is 29.6 Å². The van der Waals surface area contributed by atoms with E-state index in [0.29, 0.717) is 4.83 Å². The zero-order valence-electron chi connectivity index (χ0n) is 8.00. The average molecular weight is 353 g/mol. The molecule has 15 heavy (non-hydrogen) atoms. The van der Waals surface area contributed by atoms with E-state index in [0.717, 1.165) is 22.2 Å². The molecule has 1 aliphatic carbocycles. The highest BCUT2D eigenvalue weighted by atomic mass is 79.9. The van der Waals surface area contributed by atoms with Crippen LogP contribution >= 0.6 is 43.2 Å². The number of alkyl halides is 1. The van der Waals surface area contributed by atoms with Crippen LogP contribution < -0.4 is 5.32 Å². The Labute approximate surface area is 110 Å². The number of halogens is 2. The van der Waals surface area contributed by atoms with E-state index in [1.165, 1.54) is 17.8 Å². The lowest BCUT2D eigenvalue weighted by Crippen LogP contribution is -2.37. The summed E-state index contributed by atoms with van der Waals surface area (Å²) in [5.74, 6) is 0.0355. The zero-order chi connectivity index (χ0) is 10.8. The van der Waals surface area contributed by atoms with Gasteiger partial charge in [0.1, 0.15) is 0 Å². The standard InChI is InChI=1S/C10H11Br2NOS/c11-7-2-1-3-8(7)13-10(14)6-4-9(12)15-5-6/h4-5,7-8H,1-3H2,(H,13,14). The van der Waals surface area contributed by atoms with Crippen molar-refractivity contribution in [1.82, 2.24) is 5.32 Å². The smallest absolute Gasteiger partial charge is 0.252 e. The van der Waals surface area contributed by atoms with Crippen molar-refractivity contribution in [3.63, 3.8) is 0 Å². The Hall–Kier alpha value is 0.130. The summed E-state index contributed by atoms with van der Waals surface area (Å²) in [5, 5.41) is 4.93. The molecule has 0 saturated heterocycles. The van der Waals surface area contributed by atoms with E-state index in [1.54, 1.807) is 0 Å². The van der Waals surface area contributed by atoms with Crippen molar-refractivity contribution in [2.45, 2.75) is 30.1 Å². The molecule has 1 heterocycles. The molecule has 2 unspecified atom stereocenters. The molecule has 0 spiro atoms. The fourth-order valence-corrected chi connectivity index (χ4v) is 3.62. The average Bonchev–Trinajstić information content (AvgIpc) is 2.77. The van der Waals surface area contributed by atoms with Crippen LogP contribution in [0.15, 0.2) is 15.2 Å². The maximum absolute atomic E-state index is 11.8. The second-order valence-corrected chi connectivity index (χ2v) is 7.13. The summed E-state index contributed by atoms with van der Waals surface area (Å²) in [5.41, 5.74) is 0.749. The van der Waals surface area contributed by atoms with Crippen LogP contribution in [0.2, 0.25) is 0 Å². The molecule has 0 aromatic carbocycles. The summed E-state index contributed by atoms with van der Waals surface area (Å²) in [6.07, 6.45) is 3.42. The van der Waals surface area contributed by atoms with E-state index in [2.05, 4.69) is 37.2 Å². The van der Waals surface area contributed by atoms with Gasteiger partial charge in [-0.05, 0) is 34.8 Å². The molecule has 0 bridgehead atoms. The van der Waals surface area contributed by atoms with Gasteiger partial charge >= 0.3 is 0 Å². The number of hydrogen-bond donors (Lipinski definition) is 1. The van der Waals surface area contributed by atoms with Crippen molar-refractivity contribution in [1.29, 1.82) is 0 Å². The fraction of sp³-hybridized carbons (Fsp3) is 0.500. The summed E-state index contributed by atoms with van der Waals surface area (Å²) in [7, 11) is 0. The number of hydrogen-bond acceptors (Lipinski definition) is 2. The SMILES string of the molecule is O=C(NC1CCCC1Br)c1csc(Br)c1. The molecule has 2 rings (SSSR count). The van der Waals surface area contributed by atoms with Crippen LogP contribution in [-0.2, 0) is 0 Å². The number of carbonyl (C=O) groups excluding carboxylic acids is 1.